The van der Waals surface area contributed by atoms with Crippen molar-refractivity contribution >= 4 is 23.9 Å². The molecule has 1 rings (SSSR count). The maximum Gasteiger partial charge on any atom is 0.303 e. The zero-order valence-corrected chi connectivity index (χ0v) is 14.7. The van der Waals surface area contributed by atoms with E-state index in [2.05, 4.69) is 0 Å². The predicted molar refractivity (Wildman–Crippen MR) is 79.0 cm³/mol. The van der Waals surface area contributed by atoms with Gasteiger partial charge in [0.15, 0.2) is 24.6 Å². The van der Waals surface area contributed by atoms with Crippen molar-refractivity contribution in [3.8, 4) is 0 Å². The van der Waals surface area contributed by atoms with Crippen LogP contribution in [0.2, 0.25) is 0 Å². The third kappa shape index (κ3) is 6.31. The van der Waals surface area contributed by atoms with Gasteiger partial charge in [0.2, 0.25) is 0 Å². The first kappa shape index (κ1) is 20.8. The molecule has 0 unspecified atom stereocenters. The van der Waals surface area contributed by atoms with Crippen molar-refractivity contribution in [2.45, 2.75) is 58.4 Å². The smallest absolute Gasteiger partial charge is 0.303 e. The standard InChI is InChI=1S/C15H22O10/c1-7(16)21-6-11-12(22-8(2)17)13(23-9(3)18)14(24-10(4)19)15(20-5)25-11/h11-15H,6H2,1-5H3/t11-,12+,13-,14-,15+/m0/s1. The molecule has 1 heterocycles. The Morgan fingerprint density at radius 2 is 1.24 bits per heavy atom. The molecule has 0 spiro atoms. The second kappa shape index (κ2) is 9.33. The average Bonchev–Trinajstić information content (AvgIpc) is 2.48. The van der Waals surface area contributed by atoms with Crippen molar-refractivity contribution in [2.24, 2.45) is 0 Å². The molecule has 0 aromatic heterocycles. The number of esters is 4. The first-order valence-corrected chi connectivity index (χ1v) is 7.49. The second-order valence-corrected chi connectivity index (χ2v) is 5.30. The van der Waals surface area contributed by atoms with Gasteiger partial charge in [-0.3, -0.25) is 19.2 Å². The highest BCUT2D eigenvalue weighted by molar-refractivity contribution is 5.68. The van der Waals surface area contributed by atoms with E-state index in [-0.39, 0.29) is 6.61 Å². The molecule has 1 aliphatic rings. The molecule has 0 amide bonds. The van der Waals surface area contributed by atoms with Crippen LogP contribution in [0.1, 0.15) is 27.7 Å². The third-order valence-electron chi connectivity index (χ3n) is 3.18. The fraction of sp³-hybridized carbons (Fsp3) is 0.733. The summed E-state index contributed by atoms with van der Waals surface area (Å²) in [6, 6.07) is 0. The van der Waals surface area contributed by atoms with Gasteiger partial charge in [-0.25, -0.2) is 0 Å². The van der Waals surface area contributed by atoms with Crippen molar-refractivity contribution in [2.75, 3.05) is 13.7 Å². The Bertz CT molecular complexity index is 516. The summed E-state index contributed by atoms with van der Waals surface area (Å²) in [4.78, 5) is 45.4. The number of carbonyl (C=O) groups excluding carboxylic acids is 4. The molecule has 0 N–H and O–H groups in total. The molecule has 0 saturated carbocycles. The first-order valence-electron chi connectivity index (χ1n) is 7.49. The van der Waals surface area contributed by atoms with E-state index in [1.54, 1.807) is 0 Å². The van der Waals surface area contributed by atoms with Crippen LogP contribution in [0.25, 0.3) is 0 Å². The molecule has 0 aromatic rings. The summed E-state index contributed by atoms with van der Waals surface area (Å²) in [5.41, 5.74) is 0. The van der Waals surface area contributed by atoms with E-state index in [1.807, 2.05) is 0 Å². The minimum absolute atomic E-state index is 0.280. The molecule has 25 heavy (non-hydrogen) atoms. The molecule has 1 aliphatic heterocycles. The zero-order valence-electron chi connectivity index (χ0n) is 14.7. The van der Waals surface area contributed by atoms with Crippen LogP contribution in [0.3, 0.4) is 0 Å². The lowest BCUT2D eigenvalue weighted by molar-refractivity contribution is -0.302. The van der Waals surface area contributed by atoms with Gasteiger partial charge in [0.1, 0.15) is 12.7 Å². The van der Waals surface area contributed by atoms with Gasteiger partial charge >= 0.3 is 23.9 Å². The van der Waals surface area contributed by atoms with Crippen LogP contribution >= 0.6 is 0 Å². The molecule has 0 aromatic carbocycles. The molecule has 0 bridgehead atoms. The van der Waals surface area contributed by atoms with Gasteiger partial charge in [-0.15, -0.1) is 0 Å². The van der Waals surface area contributed by atoms with Crippen molar-refractivity contribution in [1.82, 2.24) is 0 Å². The SMILES string of the molecule is CO[C@@H]1O[C@@H](COC(C)=O)[C@@H](OC(C)=O)[C@H](OC(C)=O)[C@@H]1OC(C)=O. The maximum absolute atomic E-state index is 11.5. The van der Waals surface area contributed by atoms with E-state index in [0.29, 0.717) is 0 Å². The fourth-order valence-corrected chi connectivity index (χ4v) is 2.38. The lowest BCUT2D eigenvalue weighted by atomic mass is 9.98. The van der Waals surface area contributed by atoms with Crippen LogP contribution in [0, 0.1) is 0 Å². The van der Waals surface area contributed by atoms with Gasteiger partial charge in [-0.1, -0.05) is 0 Å². The van der Waals surface area contributed by atoms with E-state index in [1.165, 1.54) is 14.0 Å². The van der Waals surface area contributed by atoms with E-state index in [4.69, 9.17) is 28.4 Å². The summed E-state index contributed by atoms with van der Waals surface area (Å²) in [5.74, 6) is -2.63. The minimum Gasteiger partial charge on any atom is -0.463 e. The molecule has 1 fully saturated rings. The number of ether oxygens (including phenoxy) is 6. The third-order valence-corrected chi connectivity index (χ3v) is 3.18. The summed E-state index contributed by atoms with van der Waals surface area (Å²) in [5, 5.41) is 0. The molecule has 10 nitrogen and oxygen atoms in total. The van der Waals surface area contributed by atoms with E-state index in [9.17, 15) is 19.2 Å². The summed E-state index contributed by atoms with van der Waals surface area (Å²) < 4.78 is 31.1. The Balaban J connectivity index is 3.18. The molecule has 10 heteroatoms. The monoisotopic (exact) mass is 362 g/mol. The summed E-state index contributed by atoms with van der Waals surface area (Å²) >= 11 is 0. The second-order valence-electron chi connectivity index (χ2n) is 5.30. The molecule has 142 valence electrons. The zero-order chi connectivity index (χ0) is 19.1. The van der Waals surface area contributed by atoms with Gasteiger partial charge in [-0.05, 0) is 0 Å². The van der Waals surface area contributed by atoms with Crippen molar-refractivity contribution in [3.63, 3.8) is 0 Å². The first-order chi connectivity index (χ1) is 11.6. The lowest BCUT2D eigenvalue weighted by Crippen LogP contribution is -2.62. The minimum atomic E-state index is -1.20. The van der Waals surface area contributed by atoms with E-state index in [0.717, 1.165) is 20.8 Å². The molecule has 1 saturated heterocycles. The van der Waals surface area contributed by atoms with Crippen LogP contribution in [0.5, 0.6) is 0 Å². The highest BCUT2D eigenvalue weighted by Crippen LogP contribution is 2.29. The number of carbonyl (C=O) groups is 4. The van der Waals surface area contributed by atoms with Crippen LogP contribution in [0.15, 0.2) is 0 Å². The summed E-state index contributed by atoms with van der Waals surface area (Å²) in [6.45, 7) is 4.37. The number of methoxy groups -OCH3 is 1. The van der Waals surface area contributed by atoms with Crippen LogP contribution in [0.4, 0.5) is 0 Å². The van der Waals surface area contributed by atoms with Crippen LogP contribution in [-0.2, 0) is 47.6 Å². The summed E-state index contributed by atoms with van der Waals surface area (Å²) in [6.07, 6.45) is -5.67. The van der Waals surface area contributed by atoms with Crippen molar-refractivity contribution < 1.29 is 47.6 Å². The number of rotatable bonds is 6. The topological polar surface area (TPSA) is 124 Å². The normalized spacial score (nSPS) is 28.6. The Kier molecular flexibility index (Phi) is 7.78. The average molecular weight is 362 g/mol. The Morgan fingerprint density at radius 1 is 0.760 bits per heavy atom. The van der Waals surface area contributed by atoms with Gasteiger partial charge < -0.3 is 28.4 Å². The quantitative estimate of drug-likeness (QED) is 0.460. The molecular weight excluding hydrogens is 340 g/mol. The van der Waals surface area contributed by atoms with Gasteiger partial charge in [0.05, 0.1) is 0 Å². The maximum atomic E-state index is 11.5. The van der Waals surface area contributed by atoms with E-state index >= 15 is 0 Å². The van der Waals surface area contributed by atoms with Crippen LogP contribution < -0.4 is 0 Å². The lowest BCUT2D eigenvalue weighted by Gasteiger charge is -2.43. The fourth-order valence-electron chi connectivity index (χ4n) is 2.38. The van der Waals surface area contributed by atoms with Crippen LogP contribution in [-0.4, -0.2) is 68.3 Å². The van der Waals surface area contributed by atoms with Gasteiger partial charge in [-0.2, -0.15) is 0 Å². The van der Waals surface area contributed by atoms with E-state index < -0.39 is 54.6 Å². The molecule has 0 aliphatic carbocycles. The Hall–Kier alpha value is -2.20. The Labute approximate surface area is 144 Å². The predicted octanol–water partition coefficient (Wildman–Crippen LogP) is -0.284. The molecular formula is C15H22O10. The number of hydrogen-bond donors (Lipinski definition) is 0. The van der Waals surface area contributed by atoms with Gasteiger partial charge in [0.25, 0.3) is 0 Å². The molecule has 0 radical (unpaired) electrons. The Morgan fingerprint density at radius 3 is 1.68 bits per heavy atom. The van der Waals surface area contributed by atoms with Crippen molar-refractivity contribution in [1.29, 1.82) is 0 Å². The van der Waals surface area contributed by atoms with Gasteiger partial charge in [0, 0.05) is 34.8 Å². The highest BCUT2D eigenvalue weighted by atomic mass is 16.7. The number of hydrogen-bond acceptors (Lipinski definition) is 10. The summed E-state index contributed by atoms with van der Waals surface area (Å²) in [7, 11) is 1.29. The largest absolute Gasteiger partial charge is 0.463 e. The highest BCUT2D eigenvalue weighted by Gasteiger charge is 2.52. The molecule has 5 atom stereocenters. The van der Waals surface area contributed by atoms with Crippen molar-refractivity contribution in [3.05, 3.63) is 0 Å².